The van der Waals surface area contributed by atoms with Crippen molar-refractivity contribution < 1.29 is 4.79 Å². The average Bonchev–Trinajstić information content (AvgIpc) is 2.34. The van der Waals surface area contributed by atoms with Crippen LogP contribution in [0.3, 0.4) is 0 Å². The zero-order chi connectivity index (χ0) is 8.27. The van der Waals surface area contributed by atoms with Gasteiger partial charge in [0.1, 0.15) is 0 Å². The van der Waals surface area contributed by atoms with Gasteiger partial charge in [-0.15, -0.1) is 0 Å². The smallest absolute Gasteiger partial charge is 0.163 e. The molecule has 0 aromatic heterocycles. The first-order valence-corrected chi connectivity index (χ1v) is 3.81. The number of allylic oxidation sites excluding steroid dienone is 5. The number of ketones is 1. The van der Waals surface area contributed by atoms with E-state index in [-0.39, 0.29) is 5.78 Å². The Kier molecular flexibility index (Phi) is 2.42. The molecule has 0 N–H and O–H groups in total. The standard InChI is InChI=1S/C10H12O/c1-3-5-9-8(4-2)6-7-10(9)11/h3-5H,1,6-7H2,2H3/b8-4-,9-5+. The molecule has 0 amide bonds. The van der Waals surface area contributed by atoms with Crippen molar-refractivity contribution in [2.24, 2.45) is 0 Å². The molecule has 1 nitrogen and oxygen atoms in total. The third kappa shape index (κ3) is 1.48. The van der Waals surface area contributed by atoms with Gasteiger partial charge in [0.2, 0.25) is 0 Å². The molecule has 11 heavy (non-hydrogen) atoms. The molecule has 1 heteroatoms. The van der Waals surface area contributed by atoms with Crippen LogP contribution in [0.5, 0.6) is 0 Å². The summed E-state index contributed by atoms with van der Waals surface area (Å²) in [5.41, 5.74) is 2.01. The number of carbonyl (C=O) groups excluding carboxylic acids is 1. The minimum atomic E-state index is 0.248. The molecule has 58 valence electrons. The van der Waals surface area contributed by atoms with Crippen LogP contribution < -0.4 is 0 Å². The Labute approximate surface area is 67.1 Å². The van der Waals surface area contributed by atoms with Gasteiger partial charge in [0.05, 0.1) is 0 Å². The van der Waals surface area contributed by atoms with E-state index in [1.165, 1.54) is 0 Å². The number of hydrogen-bond acceptors (Lipinski definition) is 1. The summed E-state index contributed by atoms with van der Waals surface area (Å²) in [4.78, 5) is 11.2. The number of rotatable bonds is 1. The molecule has 0 atom stereocenters. The molecule has 1 aliphatic carbocycles. The van der Waals surface area contributed by atoms with Crippen molar-refractivity contribution in [2.45, 2.75) is 19.8 Å². The molecule has 1 rings (SSSR count). The summed E-state index contributed by atoms with van der Waals surface area (Å²) < 4.78 is 0. The number of hydrogen-bond donors (Lipinski definition) is 0. The van der Waals surface area contributed by atoms with E-state index in [0.717, 1.165) is 17.6 Å². The van der Waals surface area contributed by atoms with Crippen molar-refractivity contribution in [3.8, 4) is 0 Å². The Morgan fingerprint density at radius 3 is 2.73 bits per heavy atom. The zero-order valence-corrected chi connectivity index (χ0v) is 6.76. The quantitative estimate of drug-likeness (QED) is 0.522. The number of carbonyl (C=O) groups is 1. The van der Waals surface area contributed by atoms with Crippen molar-refractivity contribution >= 4 is 5.78 Å². The molecule has 0 spiro atoms. The van der Waals surface area contributed by atoms with Crippen molar-refractivity contribution in [3.63, 3.8) is 0 Å². The molecule has 1 fully saturated rings. The Morgan fingerprint density at radius 2 is 2.18 bits per heavy atom. The van der Waals surface area contributed by atoms with Gasteiger partial charge in [0, 0.05) is 12.0 Å². The summed E-state index contributed by atoms with van der Waals surface area (Å²) in [6.45, 7) is 5.53. The highest BCUT2D eigenvalue weighted by Crippen LogP contribution is 2.26. The maximum Gasteiger partial charge on any atom is 0.163 e. The lowest BCUT2D eigenvalue weighted by molar-refractivity contribution is -0.114. The topological polar surface area (TPSA) is 17.1 Å². The second kappa shape index (κ2) is 3.33. The SMILES string of the molecule is C=C/C=C1/C(=O)CC/C1=C/C. The third-order valence-electron chi connectivity index (χ3n) is 1.90. The zero-order valence-electron chi connectivity index (χ0n) is 6.76. The highest BCUT2D eigenvalue weighted by atomic mass is 16.1. The van der Waals surface area contributed by atoms with E-state index in [1.807, 2.05) is 13.0 Å². The van der Waals surface area contributed by atoms with Gasteiger partial charge in [-0.2, -0.15) is 0 Å². The molecule has 0 aromatic carbocycles. The molecule has 0 aliphatic heterocycles. The van der Waals surface area contributed by atoms with Crippen molar-refractivity contribution in [1.82, 2.24) is 0 Å². The van der Waals surface area contributed by atoms with Crippen LogP contribution in [0.4, 0.5) is 0 Å². The van der Waals surface area contributed by atoms with E-state index in [1.54, 1.807) is 12.2 Å². The predicted molar refractivity (Wildman–Crippen MR) is 46.3 cm³/mol. The molecule has 0 saturated heterocycles. The van der Waals surface area contributed by atoms with Crippen LogP contribution in [0.15, 0.2) is 36.0 Å². The van der Waals surface area contributed by atoms with E-state index in [2.05, 4.69) is 6.58 Å². The lowest BCUT2D eigenvalue weighted by Crippen LogP contribution is -1.91. The molecular weight excluding hydrogens is 136 g/mol. The summed E-state index contributed by atoms with van der Waals surface area (Å²) >= 11 is 0. The molecule has 0 radical (unpaired) electrons. The lowest BCUT2D eigenvalue weighted by Gasteiger charge is -1.94. The fourth-order valence-electron chi connectivity index (χ4n) is 1.31. The molecule has 0 heterocycles. The first-order chi connectivity index (χ1) is 5.29. The van der Waals surface area contributed by atoms with Gasteiger partial charge in [-0.05, 0) is 18.9 Å². The second-order valence-corrected chi connectivity index (χ2v) is 2.55. The summed E-state index contributed by atoms with van der Waals surface area (Å²) in [7, 11) is 0. The summed E-state index contributed by atoms with van der Waals surface area (Å²) in [6, 6.07) is 0. The van der Waals surface area contributed by atoms with E-state index >= 15 is 0 Å². The van der Waals surface area contributed by atoms with E-state index in [0.29, 0.717) is 6.42 Å². The van der Waals surface area contributed by atoms with Crippen molar-refractivity contribution in [1.29, 1.82) is 0 Å². The summed E-state index contributed by atoms with van der Waals surface area (Å²) in [5, 5.41) is 0. The van der Waals surface area contributed by atoms with Crippen LogP contribution in [0.25, 0.3) is 0 Å². The van der Waals surface area contributed by atoms with Crippen molar-refractivity contribution in [3.05, 3.63) is 36.0 Å². The minimum Gasteiger partial charge on any atom is -0.294 e. The summed E-state index contributed by atoms with van der Waals surface area (Å²) in [6.07, 6.45) is 7.03. The highest BCUT2D eigenvalue weighted by molar-refractivity contribution is 6.02. The lowest BCUT2D eigenvalue weighted by atomic mass is 10.1. The van der Waals surface area contributed by atoms with Gasteiger partial charge >= 0.3 is 0 Å². The van der Waals surface area contributed by atoms with E-state index in [4.69, 9.17) is 0 Å². The van der Waals surface area contributed by atoms with Crippen LogP contribution in [0, 0.1) is 0 Å². The third-order valence-corrected chi connectivity index (χ3v) is 1.90. The van der Waals surface area contributed by atoms with Crippen LogP contribution in [0.2, 0.25) is 0 Å². The van der Waals surface area contributed by atoms with Crippen molar-refractivity contribution in [2.75, 3.05) is 0 Å². The first kappa shape index (κ1) is 7.99. The largest absolute Gasteiger partial charge is 0.294 e. The average molecular weight is 148 g/mol. The normalized spacial score (nSPS) is 25.0. The van der Waals surface area contributed by atoms with E-state index < -0.39 is 0 Å². The van der Waals surface area contributed by atoms with Gasteiger partial charge in [-0.3, -0.25) is 4.79 Å². The second-order valence-electron chi connectivity index (χ2n) is 2.55. The molecule has 0 bridgehead atoms. The fourth-order valence-corrected chi connectivity index (χ4v) is 1.31. The monoisotopic (exact) mass is 148 g/mol. The van der Waals surface area contributed by atoms with Gasteiger partial charge in [-0.25, -0.2) is 0 Å². The maximum absolute atomic E-state index is 11.2. The van der Waals surface area contributed by atoms with Gasteiger partial charge in [0.15, 0.2) is 5.78 Å². The Bertz CT molecular complexity index is 244. The van der Waals surface area contributed by atoms with Gasteiger partial charge in [-0.1, -0.05) is 24.8 Å². The summed E-state index contributed by atoms with van der Waals surface area (Å²) in [5.74, 6) is 0.248. The minimum absolute atomic E-state index is 0.248. The Hall–Kier alpha value is -1.11. The Balaban J connectivity index is 2.97. The highest BCUT2D eigenvalue weighted by Gasteiger charge is 2.20. The molecule has 1 aliphatic rings. The maximum atomic E-state index is 11.2. The predicted octanol–water partition coefficient (Wildman–Crippen LogP) is 2.41. The van der Waals surface area contributed by atoms with Crippen LogP contribution in [0.1, 0.15) is 19.8 Å². The van der Waals surface area contributed by atoms with Crippen LogP contribution >= 0.6 is 0 Å². The Morgan fingerprint density at radius 1 is 1.45 bits per heavy atom. The van der Waals surface area contributed by atoms with Crippen LogP contribution in [-0.2, 0) is 4.79 Å². The van der Waals surface area contributed by atoms with Gasteiger partial charge < -0.3 is 0 Å². The van der Waals surface area contributed by atoms with Gasteiger partial charge in [0.25, 0.3) is 0 Å². The molecular formula is C10H12O. The fraction of sp³-hybridized carbons (Fsp3) is 0.300. The molecule has 1 saturated carbocycles. The van der Waals surface area contributed by atoms with Crippen LogP contribution in [-0.4, -0.2) is 5.78 Å². The molecule has 0 aromatic rings. The first-order valence-electron chi connectivity index (χ1n) is 3.81. The molecule has 0 unspecified atom stereocenters. The number of Topliss-reactive ketones (excluding diaryl/α,β-unsaturated/α-hetero) is 1. The van der Waals surface area contributed by atoms with E-state index in [9.17, 15) is 4.79 Å².